The second-order valence-electron chi connectivity index (χ2n) is 4.48. The van der Waals surface area contributed by atoms with Crippen molar-refractivity contribution in [3.8, 4) is 5.75 Å². The molecule has 0 amide bonds. The highest BCUT2D eigenvalue weighted by Crippen LogP contribution is 2.26. The van der Waals surface area contributed by atoms with Crippen LogP contribution in [0.1, 0.15) is 5.56 Å². The first kappa shape index (κ1) is 12.4. The Hall–Kier alpha value is -2.62. The summed E-state index contributed by atoms with van der Waals surface area (Å²) < 4.78 is 19.1. The molecule has 3 aromatic rings. The normalized spacial score (nSPS) is 10.7. The highest BCUT2D eigenvalue weighted by Gasteiger charge is 2.07. The summed E-state index contributed by atoms with van der Waals surface area (Å²) >= 11 is 0. The maximum atomic E-state index is 13.6. The van der Waals surface area contributed by atoms with Crippen molar-refractivity contribution >= 4 is 16.6 Å². The van der Waals surface area contributed by atoms with E-state index >= 15 is 0 Å². The van der Waals surface area contributed by atoms with Crippen LogP contribution in [0.3, 0.4) is 0 Å². The lowest BCUT2D eigenvalue weighted by Crippen LogP contribution is -2.01. The molecule has 0 radical (unpaired) electrons. The van der Waals surface area contributed by atoms with Crippen LogP contribution in [-0.4, -0.2) is 4.98 Å². The summed E-state index contributed by atoms with van der Waals surface area (Å²) in [4.78, 5) is 4.25. The topological polar surface area (TPSA) is 48.1 Å². The first-order valence-corrected chi connectivity index (χ1v) is 6.24. The third-order valence-electron chi connectivity index (χ3n) is 3.05. The second-order valence-corrected chi connectivity index (χ2v) is 4.48. The number of halogens is 1. The van der Waals surface area contributed by atoms with Gasteiger partial charge in [-0.2, -0.15) is 0 Å². The summed E-state index contributed by atoms with van der Waals surface area (Å²) in [6.45, 7) is 0.260. The molecular formula is C16H13FN2O. The number of aromatic nitrogens is 1. The van der Waals surface area contributed by atoms with Crippen LogP contribution in [-0.2, 0) is 6.61 Å². The second kappa shape index (κ2) is 5.17. The zero-order chi connectivity index (χ0) is 13.9. The van der Waals surface area contributed by atoms with Crippen LogP contribution in [0.5, 0.6) is 5.75 Å². The molecule has 2 N–H and O–H groups in total. The van der Waals surface area contributed by atoms with Gasteiger partial charge in [-0.3, -0.25) is 4.98 Å². The number of fused-ring (bicyclic) bond motifs is 1. The van der Waals surface area contributed by atoms with Crippen LogP contribution in [0.15, 0.2) is 54.7 Å². The fourth-order valence-corrected chi connectivity index (χ4v) is 2.05. The van der Waals surface area contributed by atoms with Gasteiger partial charge in [-0.05, 0) is 35.9 Å². The van der Waals surface area contributed by atoms with E-state index in [0.717, 1.165) is 16.5 Å². The highest BCUT2D eigenvalue weighted by molar-refractivity contribution is 5.78. The SMILES string of the molecule is Nc1cccc(F)c1OCc1ccc2ncccc2c1. The lowest BCUT2D eigenvalue weighted by atomic mass is 10.1. The fourth-order valence-electron chi connectivity index (χ4n) is 2.05. The number of nitrogen functional groups attached to an aromatic ring is 1. The average Bonchev–Trinajstić information content (AvgIpc) is 2.46. The smallest absolute Gasteiger partial charge is 0.178 e. The van der Waals surface area contributed by atoms with Gasteiger partial charge < -0.3 is 10.5 Å². The van der Waals surface area contributed by atoms with Crippen molar-refractivity contribution in [2.75, 3.05) is 5.73 Å². The zero-order valence-electron chi connectivity index (χ0n) is 10.7. The predicted octanol–water partition coefficient (Wildman–Crippen LogP) is 3.54. The molecule has 0 unspecified atom stereocenters. The number of anilines is 1. The number of benzene rings is 2. The molecule has 0 fully saturated rings. The van der Waals surface area contributed by atoms with E-state index in [0.29, 0.717) is 5.69 Å². The Labute approximate surface area is 115 Å². The number of ether oxygens (including phenoxy) is 1. The highest BCUT2D eigenvalue weighted by atomic mass is 19.1. The minimum atomic E-state index is -0.451. The Bertz CT molecular complexity index is 738. The Morgan fingerprint density at radius 2 is 2.00 bits per heavy atom. The molecule has 3 nitrogen and oxygen atoms in total. The van der Waals surface area contributed by atoms with Crippen LogP contribution in [0.2, 0.25) is 0 Å². The monoisotopic (exact) mass is 268 g/mol. The lowest BCUT2D eigenvalue weighted by Gasteiger charge is -2.10. The van der Waals surface area contributed by atoms with Gasteiger partial charge >= 0.3 is 0 Å². The largest absolute Gasteiger partial charge is 0.484 e. The van der Waals surface area contributed by atoms with Crippen LogP contribution in [0, 0.1) is 5.82 Å². The van der Waals surface area contributed by atoms with E-state index < -0.39 is 5.82 Å². The molecule has 4 heteroatoms. The standard InChI is InChI=1S/C16H13FN2O/c17-13-4-1-5-14(18)16(13)20-10-11-6-7-15-12(9-11)3-2-8-19-15/h1-9H,10,18H2. The number of nitrogens with zero attached hydrogens (tertiary/aromatic N) is 1. The van der Waals surface area contributed by atoms with E-state index in [9.17, 15) is 4.39 Å². The minimum Gasteiger partial charge on any atom is -0.484 e. The van der Waals surface area contributed by atoms with Crippen LogP contribution in [0.25, 0.3) is 10.9 Å². The minimum absolute atomic E-state index is 0.0961. The summed E-state index contributed by atoms with van der Waals surface area (Å²) in [7, 11) is 0. The first-order valence-electron chi connectivity index (χ1n) is 6.24. The molecule has 0 atom stereocenters. The number of rotatable bonds is 3. The number of pyridine rings is 1. The summed E-state index contributed by atoms with van der Waals surface area (Å²) in [5, 5.41) is 1.02. The van der Waals surface area contributed by atoms with Gasteiger partial charge in [-0.1, -0.05) is 18.2 Å². The number of para-hydroxylation sites is 1. The Kier molecular flexibility index (Phi) is 3.21. The zero-order valence-corrected chi connectivity index (χ0v) is 10.7. The molecule has 3 rings (SSSR count). The number of nitrogens with two attached hydrogens (primary N) is 1. The van der Waals surface area contributed by atoms with E-state index in [2.05, 4.69) is 4.98 Å². The molecule has 2 aromatic carbocycles. The van der Waals surface area contributed by atoms with E-state index in [1.165, 1.54) is 6.07 Å². The Morgan fingerprint density at radius 1 is 1.10 bits per heavy atom. The van der Waals surface area contributed by atoms with Crippen LogP contribution >= 0.6 is 0 Å². The van der Waals surface area contributed by atoms with Gasteiger partial charge in [0.05, 0.1) is 11.2 Å². The first-order chi connectivity index (χ1) is 9.74. The van der Waals surface area contributed by atoms with Crippen molar-refractivity contribution in [1.29, 1.82) is 0 Å². The Balaban J connectivity index is 1.83. The van der Waals surface area contributed by atoms with Gasteiger partial charge in [-0.15, -0.1) is 0 Å². The van der Waals surface area contributed by atoms with Gasteiger partial charge in [-0.25, -0.2) is 4.39 Å². The molecule has 100 valence electrons. The predicted molar refractivity (Wildman–Crippen MR) is 76.9 cm³/mol. The molecule has 0 aliphatic heterocycles. The van der Waals surface area contributed by atoms with Crippen molar-refractivity contribution in [3.05, 3.63) is 66.1 Å². The van der Waals surface area contributed by atoms with E-state index in [-0.39, 0.29) is 12.4 Å². The molecule has 20 heavy (non-hydrogen) atoms. The van der Waals surface area contributed by atoms with Crippen molar-refractivity contribution in [1.82, 2.24) is 4.98 Å². The molecule has 0 aliphatic carbocycles. The van der Waals surface area contributed by atoms with Gasteiger partial charge in [0.2, 0.25) is 0 Å². The summed E-state index contributed by atoms with van der Waals surface area (Å²) in [5.74, 6) is -0.355. The van der Waals surface area contributed by atoms with E-state index in [4.69, 9.17) is 10.5 Å². The Morgan fingerprint density at radius 3 is 2.85 bits per heavy atom. The molecule has 0 aliphatic rings. The van der Waals surface area contributed by atoms with Crippen molar-refractivity contribution in [3.63, 3.8) is 0 Å². The van der Waals surface area contributed by atoms with Crippen LogP contribution < -0.4 is 10.5 Å². The van der Waals surface area contributed by atoms with Gasteiger partial charge in [0.1, 0.15) is 6.61 Å². The molecule has 1 heterocycles. The van der Waals surface area contributed by atoms with Gasteiger partial charge in [0.25, 0.3) is 0 Å². The third kappa shape index (κ3) is 2.40. The molecule has 1 aromatic heterocycles. The molecule has 0 bridgehead atoms. The van der Waals surface area contributed by atoms with Crippen molar-refractivity contribution < 1.29 is 9.13 Å². The summed E-state index contributed by atoms with van der Waals surface area (Å²) in [5.41, 5.74) is 7.86. The number of hydrogen-bond donors (Lipinski definition) is 1. The van der Waals surface area contributed by atoms with Crippen molar-refractivity contribution in [2.24, 2.45) is 0 Å². The third-order valence-corrected chi connectivity index (χ3v) is 3.05. The van der Waals surface area contributed by atoms with Crippen LogP contribution in [0.4, 0.5) is 10.1 Å². The van der Waals surface area contributed by atoms with Crippen molar-refractivity contribution in [2.45, 2.75) is 6.61 Å². The maximum absolute atomic E-state index is 13.6. The van der Waals surface area contributed by atoms with Gasteiger partial charge in [0.15, 0.2) is 11.6 Å². The van der Waals surface area contributed by atoms with E-state index in [1.807, 2.05) is 30.3 Å². The quantitative estimate of drug-likeness (QED) is 0.739. The average molecular weight is 268 g/mol. The summed E-state index contributed by atoms with van der Waals surface area (Å²) in [6.07, 6.45) is 1.75. The fraction of sp³-hybridized carbons (Fsp3) is 0.0625. The van der Waals surface area contributed by atoms with E-state index in [1.54, 1.807) is 18.3 Å². The molecular weight excluding hydrogens is 255 g/mol. The molecule has 0 saturated carbocycles. The molecule has 0 spiro atoms. The molecule has 0 saturated heterocycles. The lowest BCUT2D eigenvalue weighted by molar-refractivity contribution is 0.292. The summed E-state index contributed by atoms with van der Waals surface area (Å²) in [6, 6.07) is 14.1. The maximum Gasteiger partial charge on any atom is 0.178 e. The van der Waals surface area contributed by atoms with Gasteiger partial charge in [0, 0.05) is 11.6 Å². The number of hydrogen-bond acceptors (Lipinski definition) is 3.